The number of halogens is 1. The van der Waals surface area contributed by atoms with Crippen molar-refractivity contribution in [3.05, 3.63) is 23.4 Å². The van der Waals surface area contributed by atoms with Gasteiger partial charge >= 0.3 is 0 Å². The van der Waals surface area contributed by atoms with Gasteiger partial charge in [0.05, 0.1) is 11.4 Å². The van der Waals surface area contributed by atoms with Gasteiger partial charge in [-0.25, -0.2) is 0 Å². The van der Waals surface area contributed by atoms with Crippen LogP contribution >= 0.6 is 23.7 Å². The molecule has 0 aliphatic carbocycles. The van der Waals surface area contributed by atoms with Crippen LogP contribution in [0.25, 0.3) is 10.7 Å². The first-order valence-corrected chi connectivity index (χ1v) is 7.49. The number of hydrogen-bond acceptors (Lipinski definition) is 6. The van der Waals surface area contributed by atoms with Crippen LogP contribution < -0.4 is 5.32 Å². The maximum atomic E-state index is 5.33. The van der Waals surface area contributed by atoms with Gasteiger partial charge in [-0.05, 0) is 31.3 Å². The summed E-state index contributed by atoms with van der Waals surface area (Å²) in [7, 11) is 2.03. The second-order valence-corrected chi connectivity index (χ2v) is 5.78. The Morgan fingerprint density at radius 1 is 1.45 bits per heavy atom. The van der Waals surface area contributed by atoms with Crippen molar-refractivity contribution >= 4 is 23.7 Å². The fourth-order valence-electron chi connectivity index (χ4n) is 2.40. The molecule has 3 heterocycles. The van der Waals surface area contributed by atoms with Crippen molar-refractivity contribution in [2.75, 3.05) is 20.1 Å². The molecule has 0 unspecified atom stereocenters. The van der Waals surface area contributed by atoms with E-state index in [9.17, 15) is 0 Å². The SMILES string of the molecule is CNC1CCN(Cc2nc(-c3cccs3)no2)CC1.Cl. The summed E-state index contributed by atoms with van der Waals surface area (Å²) in [6.07, 6.45) is 2.37. The molecule has 3 rings (SSSR count). The van der Waals surface area contributed by atoms with Crippen molar-refractivity contribution in [1.29, 1.82) is 0 Å². The van der Waals surface area contributed by atoms with Crippen molar-refractivity contribution < 1.29 is 4.52 Å². The summed E-state index contributed by atoms with van der Waals surface area (Å²) >= 11 is 1.63. The quantitative estimate of drug-likeness (QED) is 0.939. The monoisotopic (exact) mass is 314 g/mol. The lowest BCUT2D eigenvalue weighted by atomic mass is 10.1. The Kier molecular flexibility index (Phi) is 5.54. The molecule has 0 atom stereocenters. The average molecular weight is 315 g/mol. The summed E-state index contributed by atoms with van der Waals surface area (Å²) in [5.41, 5.74) is 0. The van der Waals surface area contributed by atoms with E-state index < -0.39 is 0 Å². The molecular formula is C13H19ClN4OS. The van der Waals surface area contributed by atoms with Gasteiger partial charge in [0.25, 0.3) is 0 Å². The number of nitrogens with zero attached hydrogens (tertiary/aromatic N) is 3. The first-order chi connectivity index (χ1) is 9.35. The van der Waals surface area contributed by atoms with Crippen LogP contribution in [-0.4, -0.2) is 41.2 Å². The van der Waals surface area contributed by atoms with Gasteiger partial charge in [0, 0.05) is 19.1 Å². The first kappa shape index (κ1) is 15.4. The molecule has 1 fully saturated rings. The molecule has 2 aromatic rings. The van der Waals surface area contributed by atoms with Crippen molar-refractivity contribution in [2.24, 2.45) is 0 Å². The minimum Gasteiger partial charge on any atom is -0.338 e. The standard InChI is InChI=1S/C13H18N4OS.ClH/c1-14-10-4-6-17(7-5-10)9-12-15-13(16-18-12)11-3-2-8-19-11;/h2-3,8,10,14H,4-7,9H2,1H3;1H. The van der Waals surface area contributed by atoms with E-state index in [4.69, 9.17) is 4.52 Å². The van der Waals surface area contributed by atoms with E-state index in [-0.39, 0.29) is 12.4 Å². The zero-order valence-electron chi connectivity index (χ0n) is 11.4. The maximum absolute atomic E-state index is 5.33. The molecule has 5 nitrogen and oxygen atoms in total. The van der Waals surface area contributed by atoms with Gasteiger partial charge in [-0.15, -0.1) is 23.7 Å². The highest BCUT2D eigenvalue weighted by Crippen LogP contribution is 2.22. The molecule has 20 heavy (non-hydrogen) atoms. The Balaban J connectivity index is 0.00000147. The summed E-state index contributed by atoms with van der Waals surface area (Å²) in [4.78, 5) is 7.90. The second kappa shape index (κ2) is 7.17. The number of rotatable bonds is 4. The largest absolute Gasteiger partial charge is 0.338 e. The predicted molar refractivity (Wildman–Crippen MR) is 82.2 cm³/mol. The second-order valence-electron chi connectivity index (χ2n) is 4.83. The van der Waals surface area contributed by atoms with Crippen LogP contribution in [0.15, 0.2) is 22.0 Å². The predicted octanol–water partition coefficient (Wildman–Crippen LogP) is 2.40. The third-order valence-electron chi connectivity index (χ3n) is 3.56. The zero-order chi connectivity index (χ0) is 13.1. The van der Waals surface area contributed by atoms with E-state index in [2.05, 4.69) is 20.4 Å². The van der Waals surface area contributed by atoms with Crippen LogP contribution in [0, 0.1) is 0 Å². The molecule has 0 amide bonds. The summed E-state index contributed by atoms with van der Waals surface area (Å²) in [6, 6.07) is 4.66. The molecule has 0 saturated carbocycles. The Labute approximate surface area is 128 Å². The molecular weight excluding hydrogens is 296 g/mol. The van der Waals surface area contributed by atoms with E-state index in [1.54, 1.807) is 11.3 Å². The highest BCUT2D eigenvalue weighted by atomic mass is 35.5. The third kappa shape index (κ3) is 3.58. The van der Waals surface area contributed by atoms with E-state index in [0.717, 1.165) is 24.5 Å². The van der Waals surface area contributed by atoms with Gasteiger partial charge in [0.1, 0.15) is 0 Å². The Morgan fingerprint density at radius 3 is 2.90 bits per heavy atom. The molecule has 1 aliphatic rings. The van der Waals surface area contributed by atoms with Crippen molar-refractivity contribution in [3.8, 4) is 10.7 Å². The number of aromatic nitrogens is 2. The Hall–Kier alpha value is -0.950. The number of thiophene rings is 1. The summed E-state index contributed by atoms with van der Waals surface area (Å²) in [6.45, 7) is 2.93. The van der Waals surface area contributed by atoms with Crippen LogP contribution in [0.1, 0.15) is 18.7 Å². The molecule has 0 bridgehead atoms. The van der Waals surface area contributed by atoms with Crippen LogP contribution in [0.3, 0.4) is 0 Å². The normalized spacial score (nSPS) is 17.1. The van der Waals surface area contributed by atoms with Crippen LogP contribution in [-0.2, 0) is 6.54 Å². The van der Waals surface area contributed by atoms with Crippen molar-refractivity contribution in [2.45, 2.75) is 25.4 Å². The van der Waals surface area contributed by atoms with Gasteiger partial charge < -0.3 is 9.84 Å². The number of hydrogen-bond donors (Lipinski definition) is 1. The van der Waals surface area contributed by atoms with Gasteiger partial charge in [-0.2, -0.15) is 4.98 Å². The number of likely N-dealkylation sites (tertiary alicyclic amines) is 1. The molecule has 2 aromatic heterocycles. The lowest BCUT2D eigenvalue weighted by molar-refractivity contribution is 0.173. The van der Waals surface area contributed by atoms with E-state index >= 15 is 0 Å². The van der Waals surface area contributed by atoms with Crippen LogP contribution in [0.2, 0.25) is 0 Å². The number of nitrogens with one attached hydrogen (secondary N) is 1. The van der Waals surface area contributed by atoms with E-state index in [1.807, 2.05) is 24.6 Å². The minimum absolute atomic E-state index is 0. The topological polar surface area (TPSA) is 54.2 Å². The number of piperidine rings is 1. The molecule has 7 heteroatoms. The summed E-state index contributed by atoms with van der Waals surface area (Å²) in [5.74, 6) is 1.42. The molecule has 1 saturated heterocycles. The average Bonchev–Trinajstić information content (AvgIpc) is 3.10. The van der Waals surface area contributed by atoms with Crippen LogP contribution in [0.4, 0.5) is 0 Å². The molecule has 1 N–H and O–H groups in total. The molecule has 0 spiro atoms. The van der Waals surface area contributed by atoms with E-state index in [1.165, 1.54) is 12.8 Å². The summed E-state index contributed by atoms with van der Waals surface area (Å²) in [5, 5.41) is 9.40. The molecule has 0 radical (unpaired) electrons. The molecule has 1 aliphatic heterocycles. The molecule has 110 valence electrons. The smallest absolute Gasteiger partial charge is 0.241 e. The zero-order valence-corrected chi connectivity index (χ0v) is 13.0. The lowest BCUT2D eigenvalue weighted by Crippen LogP contribution is -2.40. The minimum atomic E-state index is 0. The van der Waals surface area contributed by atoms with Gasteiger partial charge in [-0.1, -0.05) is 11.2 Å². The van der Waals surface area contributed by atoms with Gasteiger partial charge in [-0.3, -0.25) is 4.90 Å². The van der Waals surface area contributed by atoms with Gasteiger partial charge in [0.2, 0.25) is 11.7 Å². The van der Waals surface area contributed by atoms with Crippen molar-refractivity contribution in [1.82, 2.24) is 20.4 Å². The van der Waals surface area contributed by atoms with Crippen molar-refractivity contribution in [3.63, 3.8) is 0 Å². The van der Waals surface area contributed by atoms with Gasteiger partial charge in [0.15, 0.2) is 0 Å². The van der Waals surface area contributed by atoms with Crippen LogP contribution in [0.5, 0.6) is 0 Å². The summed E-state index contributed by atoms with van der Waals surface area (Å²) < 4.78 is 5.33. The highest BCUT2D eigenvalue weighted by Gasteiger charge is 2.20. The first-order valence-electron chi connectivity index (χ1n) is 6.61. The Morgan fingerprint density at radius 2 is 2.25 bits per heavy atom. The maximum Gasteiger partial charge on any atom is 0.241 e. The Bertz CT molecular complexity index is 508. The lowest BCUT2D eigenvalue weighted by Gasteiger charge is -2.30. The highest BCUT2D eigenvalue weighted by molar-refractivity contribution is 7.13. The third-order valence-corrected chi connectivity index (χ3v) is 4.43. The fraction of sp³-hybridized carbons (Fsp3) is 0.538. The fourth-order valence-corrected chi connectivity index (χ4v) is 3.05. The van der Waals surface area contributed by atoms with E-state index in [0.29, 0.717) is 17.8 Å². The molecule has 0 aromatic carbocycles.